The smallest absolute Gasteiger partial charge is 0.216 e. The molecule has 0 bridgehead atoms. The van der Waals surface area contributed by atoms with E-state index in [0.717, 1.165) is 31.6 Å². The van der Waals surface area contributed by atoms with Gasteiger partial charge in [0.05, 0.1) is 12.7 Å². The third-order valence-corrected chi connectivity index (χ3v) is 4.36. The van der Waals surface area contributed by atoms with E-state index in [1.807, 2.05) is 67.5 Å². The fourth-order valence-electron chi connectivity index (χ4n) is 3.16. The predicted octanol–water partition coefficient (Wildman–Crippen LogP) is 7.82. The van der Waals surface area contributed by atoms with Crippen LogP contribution in [-0.4, -0.2) is 44.6 Å². The van der Waals surface area contributed by atoms with Crippen molar-refractivity contribution in [3.05, 3.63) is 18.3 Å². The van der Waals surface area contributed by atoms with Gasteiger partial charge in [0.25, 0.3) is 0 Å². The van der Waals surface area contributed by atoms with Crippen LogP contribution in [0.3, 0.4) is 0 Å². The lowest BCUT2D eigenvalue weighted by Crippen LogP contribution is -2.38. The van der Waals surface area contributed by atoms with Crippen molar-refractivity contribution < 1.29 is 18.9 Å². The van der Waals surface area contributed by atoms with Gasteiger partial charge in [-0.05, 0) is 23.8 Å². The number of methoxy groups -OCH3 is 2. The van der Waals surface area contributed by atoms with Crippen LogP contribution in [0, 0.1) is 11.3 Å². The summed E-state index contributed by atoms with van der Waals surface area (Å²) >= 11 is 0. The molecule has 1 heterocycles. The summed E-state index contributed by atoms with van der Waals surface area (Å²) in [5.74, 6) is 1.93. The maximum atomic E-state index is 5.93. The minimum absolute atomic E-state index is 0.0656. The molecule has 1 fully saturated rings. The molecule has 1 saturated carbocycles. The largest absolute Gasteiger partial charge is 0.490 e. The summed E-state index contributed by atoms with van der Waals surface area (Å²) in [5, 5.41) is 0. The molecule has 0 aliphatic heterocycles. The molecule has 1 aromatic rings. The van der Waals surface area contributed by atoms with Gasteiger partial charge in [-0.1, -0.05) is 76.2 Å². The van der Waals surface area contributed by atoms with E-state index in [2.05, 4.69) is 25.8 Å². The van der Waals surface area contributed by atoms with E-state index < -0.39 is 0 Å². The molecule has 0 spiro atoms. The van der Waals surface area contributed by atoms with E-state index >= 15 is 0 Å². The standard InChI is InChI=1S/C19H31NO4.4C2H6/c1-14(12-21-4)11-19(2,3)13-23-18-10-15(6-7-20-18)24-17-8-16(9-17)22-5;4*1-2/h6-7,10,14,16-17H,8-9,11-13H2,1-5H3;4*1-2H3. The Kier molecular flexibility index (Phi) is 25.2. The minimum Gasteiger partial charge on any atom is -0.490 e. The Morgan fingerprint density at radius 1 is 0.969 bits per heavy atom. The van der Waals surface area contributed by atoms with Gasteiger partial charge in [0.2, 0.25) is 5.88 Å². The number of pyridine rings is 1. The van der Waals surface area contributed by atoms with Gasteiger partial charge in [0, 0.05) is 45.9 Å². The molecule has 0 amide bonds. The number of nitrogens with zero attached hydrogens (tertiary/aromatic N) is 1. The fourth-order valence-corrected chi connectivity index (χ4v) is 3.16. The van der Waals surface area contributed by atoms with Crippen LogP contribution in [0.5, 0.6) is 11.6 Å². The highest BCUT2D eigenvalue weighted by atomic mass is 16.5. The summed E-state index contributed by atoms with van der Waals surface area (Å²) in [4.78, 5) is 4.29. The normalized spacial score (nSPS) is 17.2. The minimum atomic E-state index is 0.0656. The lowest BCUT2D eigenvalue weighted by Gasteiger charge is -2.34. The Balaban J connectivity index is -0.000000945. The Bertz CT molecular complexity index is 502. The maximum absolute atomic E-state index is 5.93. The first-order valence-electron chi connectivity index (χ1n) is 12.7. The van der Waals surface area contributed by atoms with Crippen molar-refractivity contribution in [3.8, 4) is 11.6 Å². The molecule has 2 rings (SSSR count). The molecular weight excluding hydrogens is 402 g/mol. The molecule has 32 heavy (non-hydrogen) atoms. The Morgan fingerprint density at radius 3 is 2.03 bits per heavy atom. The van der Waals surface area contributed by atoms with Crippen LogP contribution in [0.2, 0.25) is 0 Å². The predicted molar refractivity (Wildman–Crippen MR) is 139 cm³/mol. The molecule has 0 radical (unpaired) electrons. The number of hydrogen-bond donors (Lipinski definition) is 0. The van der Waals surface area contributed by atoms with Crippen LogP contribution < -0.4 is 9.47 Å². The highest BCUT2D eigenvalue weighted by molar-refractivity contribution is 5.26. The molecule has 1 aromatic heterocycles. The zero-order valence-corrected chi connectivity index (χ0v) is 23.6. The van der Waals surface area contributed by atoms with Gasteiger partial charge in [-0.2, -0.15) is 0 Å². The topological polar surface area (TPSA) is 49.8 Å². The van der Waals surface area contributed by atoms with Crippen molar-refractivity contribution in [1.82, 2.24) is 4.98 Å². The average molecular weight is 458 g/mol. The van der Waals surface area contributed by atoms with E-state index in [1.54, 1.807) is 20.4 Å². The molecule has 5 nitrogen and oxygen atoms in total. The van der Waals surface area contributed by atoms with Crippen molar-refractivity contribution in [2.75, 3.05) is 27.4 Å². The van der Waals surface area contributed by atoms with Gasteiger partial charge in [-0.25, -0.2) is 4.98 Å². The second kappa shape index (κ2) is 22.8. The van der Waals surface area contributed by atoms with Gasteiger partial charge in [0.1, 0.15) is 11.9 Å². The third kappa shape index (κ3) is 16.3. The van der Waals surface area contributed by atoms with Crippen LogP contribution in [0.4, 0.5) is 0 Å². The summed E-state index contributed by atoms with van der Waals surface area (Å²) in [6.07, 6.45) is 5.23. The maximum Gasteiger partial charge on any atom is 0.216 e. The van der Waals surface area contributed by atoms with Gasteiger partial charge >= 0.3 is 0 Å². The lowest BCUT2D eigenvalue weighted by atomic mass is 9.84. The zero-order chi connectivity index (χ0) is 25.6. The second-order valence-electron chi connectivity index (χ2n) is 7.62. The molecule has 1 aliphatic rings. The summed E-state index contributed by atoms with van der Waals surface area (Å²) in [6, 6.07) is 3.74. The van der Waals surface area contributed by atoms with E-state index in [0.29, 0.717) is 24.5 Å². The first-order valence-corrected chi connectivity index (χ1v) is 12.7. The SMILES string of the molecule is CC.CC.CC.CC.COCC(C)CC(C)(C)COc1cc(OC2CC(OC)C2)ccn1. The monoisotopic (exact) mass is 457 g/mol. The molecular formula is C27H55NO4. The zero-order valence-electron chi connectivity index (χ0n) is 23.6. The van der Waals surface area contributed by atoms with Gasteiger partial charge in [0.15, 0.2) is 0 Å². The van der Waals surface area contributed by atoms with Crippen LogP contribution in [0.15, 0.2) is 18.3 Å². The summed E-state index contributed by atoms with van der Waals surface area (Å²) in [6.45, 7) is 24.0. The summed E-state index contributed by atoms with van der Waals surface area (Å²) in [7, 11) is 3.49. The summed E-state index contributed by atoms with van der Waals surface area (Å²) in [5.41, 5.74) is 0.0656. The lowest BCUT2D eigenvalue weighted by molar-refractivity contribution is -0.0382. The molecule has 1 atom stereocenters. The first-order chi connectivity index (χ1) is 15.4. The molecule has 0 N–H and O–H groups in total. The molecule has 192 valence electrons. The Morgan fingerprint density at radius 2 is 1.53 bits per heavy atom. The number of hydrogen-bond acceptors (Lipinski definition) is 5. The van der Waals surface area contributed by atoms with E-state index in [4.69, 9.17) is 18.9 Å². The van der Waals surface area contributed by atoms with Crippen molar-refractivity contribution in [3.63, 3.8) is 0 Å². The number of rotatable bonds is 10. The highest BCUT2D eigenvalue weighted by Crippen LogP contribution is 2.30. The van der Waals surface area contributed by atoms with Crippen LogP contribution in [-0.2, 0) is 9.47 Å². The van der Waals surface area contributed by atoms with Gasteiger partial charge in [-0.15, -0.1) is 0 Å². The molecule has 1 unspecified atom stereocenters. The average Bonchev–Trinajstić information content (AvgIpc) is 2.80. The molecule has 1 aliphatic carbocycles. The highest BCUT2D eigenvalue weighted by Gasteiger charge is 2.30. The van der Waals surface area contributed by atoms with Crippen molar-refractivity contribution in [2.45, 2.75) is 108 Å². The first kappa shape index (κ1) is 35.3. The van der Waals surface area contributed by atoms with Crippen molar-refractivity contribution >= 4 is 0 Å². The van der Waals surface area contributed by atoms with Gasteiger partial charge < -0.3 is 18.9 Å². The van der Waals surface area contributed by atoms with E-state index in [1.165, 1.54) is 0 Å². The Labute approximate surface area is 200 Å². The van der Waals surface area contributed by atoms with Crippen molar-refractivity contribution in [2.24, 2.45) is 11.3 Å². The van der Waals surface area contributed by atoms with E-state index in [-0.39, 0.29) is 11.5 Å². The van der Waals surface area contributed by atoms with Crippen molar-refractivity contribution in [1.29, 1.82) is 0 Å². The molecule has 5 heteroatoms. The van der Waals surface area contributed by atoms with Crippen LogP contribution in [0.1, 0.15) is 95.4 Å². The number of ether oxygens (including phenoxy) is 4. The third-order valence-electron chi connectivity index (χ3n) is 4.36. The molecule has 0 aromatic carbocycles. The second-order valence-corrected chi connectivity index (χ2v) is 7.62. The molecule has 0 saturated heterocycles. The fraction of sp³-hybridized carbons (Fsp3) is 0.815. The van der Waals surface area contributed by atoms with E-state index in [9.17, 15) is 0 Å². The van der Waals surface area contributed by atoms with Crippen LogP contribution >= 0.6 is 0 Å². The number of aromatic nitrogens is 1. The quantitative estimate of drug-likeness (QED) is 0.358. The Hall–Kier alpha value is -1.33. The van der Waals surface area contributed by atoms with Gasteiger partial charge in [-0.3, -0.25) is 0 Å². The van der Waals surface area contributed by atoms with Crippen LogP contribution in [0.25, 0.3) is 0 Å². The summed E-state index contributed by atoms with van der Waals surface area (Å²) < 4.78 is 22.3.